The molecule has 0 radical (unpaired) electrons. The molecule has 0 unspecified atom stereocenters. The van der Waals surface area contributed by atoms with Crippen LogP contribution in [0.3, 0.4) is 0 Å². The Morgan fingerprint density at radius 2 is 1.63 bits per heavy atom. The molecule has 4 nitrogen and oxygen atoms in total. The van der Waals surface area contributed by atoms with Gasteiger partial charge in [0.1, 0.15) is 11.5 Å². The van der Waals surface area contributed by atoms with Crippen molar-refractivity contribution in [3.63, 3.8) is 0 Å². The van der Waals surface area contributed by atoms with Gasteiger partial charge in [-0.05, 0) is 36.4 Å². The third-order valence-electron chi connectivity index (χ3n) is 2.49. The zero-order valence-electron chi connectivity index (χ0n) is 10.8. The molecular weight excluding hydrogens is 242 g/mol. The third kappa shape index (κ3) is 3.48. The Bertz CT molecular complexity index is 564. The molecule has 1 amide bonds. The third-order valence-corrected chi connectivity index (χ3v) is 2.49. The van der Waals surface area contributed by atoms with Crippen LogP contribution in [0.1, 0.15) is 6.92 Å². The van der Waals surface area contributed by atoms with Crippen molar-refractivity contribution in [2.45, 2.75) is 6.92 Å². The van der Waals surface area contributed by atoms with Gasteiger partial charge in [-0.1, -0.05) is 12.1 Å². The Kier molecular flexibility index (Phi) is 4.03. The summed E-state index contributed by atoms with van der Waals surface area (Å²) in [6.45, 7) is 1.46. The zero-order chi connectivity index (χ0) is 13.7. The van der Waals surface area contributed by atoms with E-state index < -0.39 is 0 Å². The first-order valence-corrected chi connectivity index (χ1v) is 5.87. The lowest BCUT2D eigenvalue weighted by molar-refractivity contribution is -0.114. The molecule has 0 aliphatic heterocycles. The lowest BCUT2D eigenvalue weighted by Gasteiger charge is -2.11. The monoisotopic (exact) mass is 257 g/mol. The summed E-state index contributed by atoms with van der Waals surface area (Å²) in [4.78, 5) is 11.1. The van der Waals surface area contributed by atoms with Crippen molar-refractivity contribution in [3.8, 4) is 17.2 Å². The standard InChI is InChI=1S/C15H15NO3/c1-11(17)16-14-5-3-4-6-15(14)19-13-9-7-12(18-2)8-10-13/h3-10H,1-2H3,(H,16,17). The molecule has 2 aromatic rings. The number of carbonyl (C=O) groups is 1. The van der Waals surface area contributed by atoms with E-state index in [4.69, 9.17) is 9.47 Å². The molecule has 2 aromatic carbocycles. The van der Waals surface area contributed by atoms with Gasteiger partial charge in [0.05, 0.1) is 12.8 Å². The lowest BCUT2D eigenvalue weighted by Crippen LogP contribution is -2.06. The summed E-state index contributed by atoms with van der Waals surface area (Å²) in [5, 5.41) is 2.73. The predicted molar refractivity (Wildman–Crippen MR) is 73.8 cm³/mol. The van der Waals surface area contributed by atoms with Gasteiger partial charge >= 0.3 is 0 Å². The molecular formula is C15H15NO3. The second-order valence-corrected chi connectivity index (χ2v) is 3.95. The normalized spacial score (nSPS) is 9.79. The number of rotatable bonds is 4. The smallest absolute Gasteiger partial charge is 0.221 e. The summed E-state index contributed by atoms with van der Waals surface area (Å²) in [5.74, 6) is 1.91. The number of ether oxygens (including phenoxy) is 2. The van der Waals surface area contributed by atoms with Gasteiger partial charge in [-0.3, -0.25) is 4.79 Å². The Balaban J connectivity index is 2.19. The van der Waals surface area contributed by atoms with Gasteiger partial charge < -0.3 is 14.8 Å². The molecule has 0 atom stereocenters. The minimum absolute atomic E-state index is 0.134. The molecule has 4 heteroatoms. The van der Waals surface area contributed by atoms with Crippen LogP contribution in [0.4, 0.5) is 5.69 Å². The molecule has 0 spiro atoms. The minimum atomic E-state index is -0.134. The van der Waals surface area contributed by atoms with Crippen LogP contribution in [0, 0.1) is 0 Å². The molecule has 0 saturated heterocycles. The molecule has 0 aliphatic carbocycles. The van der Waals surface area contributed by atoms with E-state index in [2.05, 4.69) is 5.32 Å². The Morgan fingerprint density at radius 1 is 1.00 bits per heavy atom. The molecule has 0 saturated carbocycles. The van der Waals surface area contributed by atoms with Crippen molar-refractivity contribution in [1.82, 2.24) is 0 Å². The highest BCUT2D eigenvalue weighted by atomic mass is 16.5. The van der Waals surface area contributed by atoms with Crippen LogP contribution in [0.25, 0.3) is 0 Å². The number of methoxy groups -OCH3 is 1. The first-order chi connectivity index (χ1) is 9.19. The number of benzene rings is 2. The molecule has 98 valence electrons. The SMILES string of the molecule is COc1ccc(Oc2ccccc2NC(C)=O)cc1. The average Bonchev–Trinajstić information content (AvgIpc) is 2.41. The van der Waals surface area contributed by atoms with E-state index >= 15 is 0 Å². The Labute approximate surface area is 112 Å². The fourth-order valence-corrected chi connectivity index (χ4v) is 1.62. The number of anilines is 1. The van der Waals surface area contributed by atoms with E-state index in [0.717, 1.165) is 5.75 Å². The number of hydrogen-bond acceptors (Lipinski definition) is 3. The number of hydrogen-bond donors (Lipinski definition) is 1. The van der Waals surface area contributed by atoms with Crippen LogP contribution in [0.5, 0.6) is 17.2 Å². The van der Waals surface area contributed by atoms with Crippen LogP contribution >= 0.6 is 0 Å². The predicted octanol–water partition coefficient (Wildman–Crippen LogP) is 3.45. The van der Waals surface area contributed by atoms with Gasteiger partial charge in [-0.25, -0.2) is 0 Å². The van der Waals surface area contributed by atoms with Crippen molar-refractivity contribution < 1.29 is 14.3 Å². The van der Waals surface area contributed by atoms with E-state index in [9.17, 15) is 4.79 Å². The summed E-state index contributed by atoms with van der Waals surface area (Å²) in [6.07, 6.45) is 0. The maximum atomic E-state index is 11.1. The molecule has 2 rings (SSSR count). The number of para-hydroxylation sites is 2. The topological polar surface area (TPSA) is 47.6 Å². The molecule has 19 heavy (non-hydrogen) atoms. The van der Waals surface area contributed by atoms with Gasteiger partial charge in [-0.15, -0.1) is 0 Å². The van der Waals surface area contributed by atoms with Crippen molar-refractivity contribution >= 4 is 11.6 Å². The number of carbonyl (C=O) groups excluding carboxylic acids is 1. The number of amides is 1. The molecule has 0 aliphatic rings. The van der Waals surface area contributed by atoms with Crippen molar-refractivity contribution in [2.75, 3.05) is 12.4 Å². The van der Waals surface area contributed by atoms with Gasteiger partial charge in [0.25, 0.3) is 0 Å². The highest BCUT2D eigenvalue weighted by Gasteiger charge is 2.05. The lowest BCUT2D eigenvalue weighted by atomic mass is 10.3. The highest BCUT2D eigenvalue weighted by Crippen LogP contribution is 2.30. The second-order valence-electron chi connectivity index (χ2n) is 3.95. The van der Waals surface area contributed by atoms with Crippen molar-refractivity contribution in [3.05, 3.63) is 48.5 Å². The maximum absolute atomic E-state index is 11.1. The van der Waals surface area contributed by atoms with E-state index in [1.165, 1.54) is 6.92 Å². The fourth-order valence-electron chi connectivity index (χ4n) is 1.62. The van der Waals surface area contributed by atoms with Gasteiger partial charge in [0, 0.05) is 6.92 Å². The van der Waals surface area contributed by atoms with E-state index in [1.54, 1.807) is 19.2 Å². The molecule has 0 heterocycles. The van der Waals surface area contributed by atoms with Gasteiger partial charge in [0.2, 0.25) is 5.91 Å². The second kappa shape index (κ2) is 5.91. The largest absolute Gasteiger partial charge is 0.497 e. The molecule has 1 N–H and O–H groups in total. The summed E-state index contributed by atoms with van der Waals surface area (Å²) < 4.78 is 10.8. The van der Waals surface area contributed by atoms with E-state index in [0.29, 0.717) is 17.2 Å². The van der Waals surface area contributed by atoms with Crippen molar-refractivity contribution in [1.29, 1.82) is 0 Å². The van der Waals surface area contributed by atoms with Crippen LogP contribution in [-0.4, -0.2) is 13.0 Å². The minimum Gasteiger partial charge on any atom is -0.497 e. The van der Waals surface area contributed by atoms with Crippen LogP contribution in [-0.2, 0) is 4.79 Å². The highest BCUT2D eigenvalue weighted by molar-refractivity contribution is 5.90. The maximum Gasteiger partial charge on any atom is 0.221 e. The van der Waals surface area contributed by atoms with Crippen LogP contribution in [0.15, 0.2) is 48.5 Å². The van der Waals surface area contributed by atoms with E-state index in [1.807, 2.05) is 36.4 Å². The molecule has 0 fully saturated rings. The van der Waals surface area contributed by atoms with Gasteiger partial charge in [-0.2, -0.15) is 0 Å². The first kappa shape index (κ1) is 13.0. The van der Waals surface area contributed by atoms with E-state index in [-0.39, 0.29) is 5.91 Å². The fraction of sp³-hybridized carbons (Fsp3) is 0.133. The quantitative estimate of drug-likeness (QED) is 0.912. The van der Waals surface area contributed by atoms with Gasteiger partial charge in [0.15, 0.2) is 5.75 Å². The number of nitrogens with one attached hydrogen (secondary N) is 1. The summed E-state index contributed by atoms with van der Waals surface area (Å²) >= 11 is 0. The molecule has 0 bridgehead atoms. The Hall–Kier alpha value is -2.49. The Morgan fingerprint density at radius 3 is 2.26 bits per heavy atom. The zero-order valence-corrected chi connectivity index (χ0v) is 10.8. The first-order valence-electron chi connectivity index (χ1n) is 5.87. The summed E-state index contributed by atoms with van der Waals surface area (Å²) in [5.41, 5.74) is 0.644. The summed E-state index contributed by atoms with van der Waals surface area (Å²) in [7, 11) is 1.61. The summed E-state index contributed by atoms with van der Waals surface area (Å²) in [6, 6.07) is 14.5. The van der Waals surface area contributed by atoms with Crippen molar-refractivity contribution in [2.24, 2.45) is 0 Å². The molecule has 0 aromatic heterocycles. The van der Waals surface area contributed by atoms with Crippen LogP contribution in [0.2, 0.25) is 0 Å². The van der Waals surface area contributed by atoms with Crippen LogP contribution < -0.4 is 14.8 Å². The average molecular weight is 257 g/mol.